The summed E-state index contributed by atoms with van der Waals surface area (Å²) in [6, 6.07) is 6.49. The van der Waals surface area contributed by atoms with Gasteiger partial charge in [-0.1, -0.05) is 39.8 Å². The standard InChI is InChI=1S/C18H28N2O2/c1-12(2)15-7-6-14(8-18(15)22-5)16-9-20(11-19-16)17(10-21)13(3)4/h6-9,12-13,17,19,21H,10-11H2,1-5H3/t17-/m1/s1. The molecule has 0 saturated heterocycles. The Morgan fingerprint density at radius 1 is 1.27 bits per heavy atom. The second-order valence-electron chi connectivity index (χ2n) is 6.50. The molecule has 0 aliphatic carbocycles. The van der Waals surface area contributed by atoms with Gasteiger partial charge in [0.25, 0.3) is 0 Å². The molecule has 0 unspecified atom stereocenters. The highest BCUT2D eigenvalue weighted by atomic mass is 16.5. The predicted molar refractivity (Wildman–Crippen MR) is 90.6 cm³/mol. The number of benzene rings is 1. The van der Waals surface area contributed by atoms with Gasteiger partial charge in [-0.05, 0) is 23.5 Å². The normalized spacial score (nSPS) is 16.0. The van der Waals surface area contributed by atoms with Gasteiger partial charge in [-0.2, -0.15) is 0 Å². The number of nitrogens with zero attached hydrogens (tertiary/aromatic N) is 1. The highest BCUT2D eigenvalue weighted by Crippen LogP contribution is 2.30. The molecule has 0 aromatic heterocycles. The van der Waals surface area contributed by atoms with Crippen LogP contribution < -0.4 is 10.1 Å². The number of hydrogen-bond donors (Lipinski definition) is 2. The van der Waals surface area contributed by atoms with E-state index in [1.807, 2.05) is 0 Å². The Labute approximate surface area is 133 Å². The molecule has 1 aromatic rings. The van der Waals surface area contributed by atoms with E-state index < -0.39 is 0 Å². The number of hydrogen-bond acceptors (Lipinski definition) is 4. The van der Waals surface area contributed by atoms with Gasteiger partial charge in [0.15, 0.2) is 0 Å². The van der Waals surface area contributed by atoms with E-state index in [0.717, 1.165) is 23.7 Å². The summed E-state index contributed by atoms with van der Waals surface area (Å²) in [5.74, 6) is 1.77. The van der Waals surface area contributed by atoms with Crippen molar-refractivity contribution in [3.05, 3.63) is 35.5 Å². The van der Waals surface area contributed by atoms with Gasteiger partial charge in [0, 0.05) is 11.8 Å². The van der Waals surface area contributed by atoms with Gasteiger partial charge in [-0.15, -0.1) is 0 Å². The van der Waals surface area contributed by atoms with Crippen molar-refractivity contribution in [3.8, 4) is 5.75 Å². The topological polar surface area (TPSA) is 44.7 Å². The minimum absolute atomic E-state index is 0.141. The molecule has 0 amide bonds. The second kappa shape index (κ2) is 7.05. The molecule has 22 heavy (non-hydrogen) atoms. The zero-order valence-corrected chi connectivity index (χ0v) is 14.3. The largest absolute Gasteiger partial charge is 0.496 e. The molecule has 0 fully saturated rings. The first kappa shape index (κ1) is 16.7. The van der Waals surface area contributed by atoms with Crippen LogP contribution in [-0.4, -0.2) is 36.4 Å². The van der Waals surface area contributed by atoms with Crippen molar-refractivity contribution in [2.24, 2.45) is 5.92 Å². The molecule has 0 saturated carbocycles. The highest BCUT2D eigenvalue weighted by molar-refractivity contribution is 5.67. The molecule has 4 nitrogen and oxygen atoms in total. The van der Waals surface area contributed by atoms with Crippen LogP contribution in [0.3, 0.4) is 0 Å². The van der Waals surface area contributed by atoms with Crippen LogP contribution in [0.15, 0.2) is 24.4 Å². The third-order valence-electron chi connectivity index (χ3n) is 4.30. The Bertz CT molecular complexity index is 538. The lowest BCUT2D eigenvalue weighted by Crippen LogP contribution is -2.38. The summed E-state index contributed by atoms with van der Waals surface area (Å²) >= 11 is 0. The fourth-order valence-electron chi connectivity index (χ4n) is 2.88. The average molecular weight is 304 g/mol. The van der Waals surface area contributed by atoms with Crippen molar-refractivity contribution >= 4 is 5.70 Å². The van der Waals surface area contributed by atoms with E-state index >= 15 is 0 Å². The molecule has 1 aromatic carbocycles. The van der Waals surface area contributed by atoms with Crippen LogP contribution in [0, 0.1) is 5.92 Å². The fourth-order valence-corrected chi connectivity index (χ4v) is 2.88. The number of rotatable bonds is 6. The molecule has 4 heteroatoms. The predicted octanol–water partition coefficient (Wildman–Crippen LogP) is 3.00. The number of ether oxygens (including phenoxy) is 1. The number of aliphatic hydroxyl groups is 1. The Morgan fingerprint density at radius 3 is 2.55 bits per heavy atom. The van der Waals surface area contributed by atoms with E-state index in [1.54, 1.807) is 7.11 Å². The Morgan fingerprint density at radius 2 is 2.00 bits per heavy atom. The van der Waals surface area contributed by atoms with Gasteiger partial charge < -0.3 is 20.1 Å². The Kier molecular flexibility index (Phi) is 5.35. The first-order chi connectivity index (χ1) is 10.5. The maximum atomic E-state index is 9.57. The van der Waals surface area contributed by atoms with Crippen LogP contribution in [-0.2, 0) is 0 Å². The maximum Gasteiger partial charge on any atom is 0.122 e. The summed E-state index contributed by atoms with van der Waals surface area (Å²) in [4.78, 5) is 2.17. The summed E-state index contributed by atoms with van der Waals surface area (Å²) in [6.45, 7) is 9.49. The third-order valence-corrected chi connectivity index (χ3v) is 4.30. The molecule has 1 aliphatic heterocycles. The van der Waals surface area contributed by atoms with Gasteiger partial charge in [0.2, 0.25) is 0 Å². The lowest BCUT2D eigenvalue weighted by molar-refractivity contribution is 0.133. The lowest BCUT2D eigenvalue weighted by atomic mass is 9.99. The molecular weight excluding hydrogens is 276 g/mol. The molecule has 1 atom stereocenters. The van der Waals surface area contributed by atoms with Crippen molar-refractivity contribution in [1.82, 2.24) is 10.2 Å². The summed E-state index contributed by atoms with van der Waals surface area (Å²) < 4.78 is 5.53. The van der Waals surface area contributed by atoms with Crippen LogP contribution in [0.25, 0.3) is 5.70 Å². The van der Waals surface area contributed by atoms with Crippen LogP contribution in [0.4, 0.5) is 0 Å². The number of nitrogens with one attached hydrogen (secondary N) is 1. The molecule has 1 heterocycles. The zero-order valence-electron chi connectivity index (χ0n) is 14.3. The Hall–Kier alpha value is -1.68. The third kappa shape index (κ3) is 3.38. The molecule has 2 N–H and O–H groups in total. The zero-order chi connectivity index (χ0) is 16.3. The SMILES string of the molecule is COc1cc(C2=CN([C@H](CO)C(C)C)CN2)ccc1C(C)C. The smallest absolute Gasteiger partial charge is 0.122 e. The first-order valence-electron chi connectivity index (χ1n) is 7.98. The first-order valence-corrected chi connectivity index (χ1v) is 7.98. The van der Waals surface area contributed by atoms with Gasteiger partial charge in [-0.3, -0.25) is 0 Å². The van der Waals surface area contributed by atoms with Crippen LogP contribution in [0.1, 0.15) is 44.7 Å². The van der Waals surface area contributed by atoms with Crippen molar-refractivity contribution in [1.29, 1.82) is 0 Å². The van der Waals surface area contributed by atoms with Crippen LogP contribution in [0.2, 0.25) is 0 Å². The second-order valence-corrected chi connectivity index (χ2v) is 6.50. The van der Waals surface area contributed by atoms with Crippen molar-refractivity contribution in [2.75, 3.05) is 20.4 Å². The highest BCUT2D eigenvalue weighted by Gasteiger charge is 2.23. The van der Waals surface area contributed by atoms with Crippen molar-refractivity contribution in [2.45, 2.75) is 39.7 Å². The lowest BCUT2D eigenvalue weighted by Gasteiger charge is -2.28. The van der Waals surface area contributed by atoms with E-state index in [2.05, 4.69) is 62.3 Å². The number of aliphatic hydroxyl groups excluding tert-OH is 1. The van der Waals surface area contributed by atoms with Crippen LogP contribution >= 0.6 is 0 Å². The Balaban J connectivity index is 2.25. The molecule has 2 rings (SSSR count). The van der Waals surface area contributed by atoms with Gasteiger partial charge in [0.1, 0.15) is 5.75 Å². The van der Waals surface area contributed by atoms with E-state index in [-0.39, 0.29) is 12.6 Å². The monoisotopic (exact) mass is 304 g/mol. The summed E-state index contributed by atoms with van der Waals surface area (Å²) in [6.07, 6.45) is 2.10. The van der Waals surface area contributed by atoms with E-state index in [9.17, 15) is 5.11 Å². The maximum absolute atomic E-state index is 9.57. The van der Waals surface area contributed by atoms with Gasteiger partial charge in [-0.25, -0.2) is 0 Å². The minimum atomic E-state index is 0.141. The molecule has 122 valence electrons. The molecule has 0 bridgehead atoms. The summed E-state index contributed by atoms with van der Waals surface area (Å²) in [5.41, 5.74) is 3.41. The molecule has 1 aliphatic rings. The van der Waals surface area contributed by atoms with E-state index in [4.69, 9.17) is 4.74 Å². The molecular formula is C18H28N2O2. The molecule has 0 spiro atoms. The van der Waals surface area contributed by atoms with Gasteiger partial charge >= 0.3 is 0 Å². The quantitative estimate of drug-likeness (QED) is 0.848. The summed E-state index contributed by atoms with van der Waals surface area (Å²) in [7, 11) is 1.72. The van der Waals surface area contributed by atoms with Crippen LogP contribution in [0.5, 0.6) is 5.75 Å². The van der Waals surface area contributed by atoms with Crippen molar-refractivity contribution < 1.29 is 9.84 Å². The van der Waals surface area contributed by atoms with E-state index in [1.165, 1.54) is 5.56 Å². The van der Waals surface area contributed by atoms with Crippen molar-refractivity contribution in [3.63, 3.8) is 0 Å². The summed E-state index contributed by atoms with van der Waals surface area (Å²) in [5, 5.41) is 13.0. The number of methoxy groups -OCH3 is 1. The molecule has 0 radical (unpaired) electrons. The fraction of sp³-hybridized carbons (Fsp3) is 0.556. The van der Waals surface area contributed by atoms with Gasteiger partial charge in [0.05, 0.1) is 32.1 Å². The van der Waals surface area contributed by atoms with E-state index in [0.29, 0.717) is 11.8 Å². The average Bonchev–Trinajstić information content (AvgIpc) is 2.96. The minimum Gasteiger partial charge on any atom is -0.496 e.